The molecule has 0 spiro atoms. The van der Waals surface area contributed by atoms with Gasteiger partial charge in [-0.25, -0.2) is 9.97 Å². The maximum atomic E-state index is 5.83. The Labute approximate surface area is 156 Å². The third-order valence-corrected chi connectivity index (χ3v) is 5.35. The van der Waals surface area contributed by atoms with E-state index in [9.17, 15) is 0 Å². The van der Waals surface area contributed by atoms with Gasteiger partial charge in [-0.2, -0.15) is 0 Å². The van der Waals surface area contributed by atoms with Gasteiger partial charge in [0.15, 0.2) is 5.76 Å². The molecule has 0 saturated carbocycles. The summed E-state index contributed by atoms with van der Waals surface area (Å²) >= 11 is 1.72. The van der Waals surface area contributed by atoms with E-state index in [0.29, 0.717) is 5.76 Å². The van der Waals surface area contributed by atoms with Gasteiger partial charge in [0.2, 0.25) is 5.95 Å². The van der Waals surface area contributed by atoms with Gasteiger partial charge in [-0.15, -0.1) is 11.3 Å². The lowest BCUT2D eigenvalue weighted by atomic mass is 10.1. The molecule has 2 atom stereocenters. The van der Waals surface area contributed by atoms with Crippen LogP contribution in [0.5, 0.6) is 0 Å². The molecule has 1 aliphatic heterocycles. The van der Waals surface area contributed by atoms with Gasteiger partial charge < -0.3 is 14.2 Å². The summed E-state index contributed by atoms with van der Waals surface area (Å²) in [6.07, 6.45) is 2.16. The first-order chi connectivity index (χ1) is 12.5. The number of ether oxygens (including phenoxy) is 1. The van der Waals surface area contributed by atoms with E-state index in [1.54, 1.807) is 11.3 Å². The van der Waals surface area contributed by atoms with Crippen molar-refractivity contribution in [2.75, 3.05) is 18.0 Å². The van der Waals surface area contributed by atoms with Crippen LogP contribution in [0.25, 0.3) is 21.9 Å². The number of anilines is 1. The van der Waals surface area contributed by atoms with Crippen LogP contribution < -0.4 is 4.90 Å². The first-order valence-corrected chi connectivity index (χ1v) is 9.59. The van der Waals surface area contributed by atoms with Gasteiger partial charge in [0.05, 0.1) is 34.0 Å². The van der Waals surface area contributed by atoms with E-state index in [1.165, 1.54) is 4.88 Å². The third-order valence-electron chi connectivity index (χ3n) is 4.35. The maximum Gasteiger partial charge on any atom is 0.226 e. The molecule has 0 radical (unpaired) electrons. The normalized spacial score (nSPS) is 20.5. The molecule has 3 aromatic rings. The van der Waals surface area contributed by atoms with E-state index in [-0.39, 0.29) is 12.2 Å². The Morgan fingerprint density at radius 3 is 2.54 bits per heavy atom. The molecule has 0 aromatic carbocycles. The molecule has 26 heavy (non-hydrogen) atoms. The van der Waals surface area contributed by atoms with Crippen LogP contribution in [0.1, 0.15) is 24.4 Å². The highest BCUT2D eigenvalue weighted by molar-refractivity contribution is 7.15. The summed E-state index contributed by atoms with van der Waals surface area (Å²) in [5, 5.41) is 4.01. The molecule has 0 bridgehead atoms. The smallest absolute Gasteiger partial charge is 0.226 e. The standard InChI is InChI=1S/C19H22N4O2S/c1-11-7-16(25-22-11)15-8-20-19(23-9-12(2)24-13(3)10-23)21-18(15)17-6-5-14(4)26-17/h5-8,12-13H,9-10H2,1-4H3. The number of aromatic nitrogens is 3. The third kappa shape index (κ3) is 3.37. The van der Waals surface area contributed by atoms with Crippen molar-refractivity contribution >= 4 is 17.3 Å². The molecule has 4 heterocycles. The lowest BCUT2D eigenvalue weighted by Gasteiger charge is -2.35. The minimum absolute atomic E-state index is 0.159. The van der Waals surface area contributed by atoms with Crippen molar-refractivity contribution in [3.63, 3.8) is 0 Å². The molecule has 1 fully saturated rings. The van der Waals surface area contributed by atoms with Crippen LogP contribution in [0, 0.1) is 13.8 Å². The van der Waals surface area contributed by atoms with E-state index in [4.69, 9.17) is 14.2 Å². The van der Waals surface area contributed by atoms with E-state index in [1.807, 2.05) is 19.2 Å². The van der Waals surface area contributed by atoms with Crippen molar-refractivity contribution in [3.05, 3.63) is 35.0 Å². The van der Waals surface area contributed by atoms with E-state index < -0.39 is 0 Å². The highest BCUT2D eigenvalue weighted by Crippen LogP contribution is 2.35. The van der Waals surface area contributed by atoms with Gasteiger partial charge in [-0.3, -0.25) is 0 Å². The summed E-state index contributed by atoms with van der Waals surface area (Å²) in [7, 11) is 0. The minimum atomic E-state index is 0.159. The summed E-state index contributed by atoms with van der Waals surface area (Å²) in [5.74, 6) is 1.42. The molecule has 2 unspecified atom stereocenters. The number of morpholine rings is 1. The van der Waals surface area contributed by atoms with Crippen molar-refractivity contribution < 1.29 is 9.26 Å². The van der Waals surface area contributed by atoms with Crippen molar-refractivity contribution in [1.82, 2.24) is 15.1 Å². The van der Waals surface area contributed by atoms with Crippen molar-refractivity contribution in [1.29, 1.82) is 0 Å². The summed E-state index contributed by atoms with van der Waals surface area (Å²) in [6, 6.07) is 6.13. The molecule has 136 valence electrons. The van der Waals surface area contributed by atoms with Gasteiger partial charge in [-0.05, 0) is 39.8 Å². The zero-order valence-corrected chi connectivity index (χ0v) is 16.2. The molecular formula is C19H22N4O2S. The Kier molecular flexibility index (Phi) is 4.50. The van der Waals surface area contributed by atoms with E-state index in [2.05, 4.69) is 47.9 Å². The second kappa shape index (κ2) is 6.81. The topological polar surface area (TPSA) is 64.3 Å². The molecular weight excluding hydrogens is 348 g/mol. The zero-order chi connectivity index (χ0) is 18.3. The summed E-state index contributed by atoms with van der Waals surface area (Å²) in [4.78, 5) is 14.1. The maximum absolute atomic E-state index is 5.83. The molecule has 3 aromatic heterocycles. The number of hydrogen-bond acceptors (Lipinski definition) is 7. The number of hydrogen-bond donors (Lipinski definition) is 0. The lowest BCUT2D eigenvalue weighted by molar-refractivity contribution is -0.00571. The number of nitrogens with zero attached hydrogens (tertiary/aromatic N) is 4. The zero-order valence-electron chi connectivity index (χ0n) is 15.4. The van der Waals surface area contributed by atoms with Crippen LogP contribution in [0.2, 0.25) is 0 Å². The van der Waals surface area contributed by atoms with Crippen molar-refractivity contribution in [2.45, 2.75) is 39.9 Å². The van der Waals surface area contributed by atoms with Crippen LogP contribution in [-0.4, -0.2) is 40.4 Å². The van der Waals surface area contributed by atoms with Crippen LogP contribution >= 0.6 is 11.3 Å². The van der Waals surface area contributed by atoms with Crippen molar-refractivity contribution in [3.8, 4) is 21.9 Å². The van der Waals surface area contributed by atoms with Gasteiger partial charge in [-0.1, -0.05) is 5.16 Å². The molecule has 0 aliphatic carbocycles. The van der Waals surface area contributed by atoms with Gasteiger partial charge >= 0.3 is 0 Å². The molecule has 1 aliphatic rings. The number of thiophene rings is 1. The number of rotatable bonds is 3. The van der Waals surface area contributed by atoms with Crippen LogP contribution in [-0.2, 0) is 4.74 Å². The van der Waals surface area contributed by atoms with Gasteiger partial charge in [0.25, 0.3) is 0 Å². The molecule has 4 rings (SSSR count). The fourth-order valence-electron chi connectivity index (χ4n) is 3.29. The Balaban J connectivity index is 1.79. The summed E-state index contributed by atoms with van der Waals surface area (Å²) < 4.78 is 11.3. The lowest BCUT2D eigenvalue weighted by Crippen LogP contribution is -2.46. The second-order valence-electron chi connectivity index (χ2n) is 6.84. The molecule has 0 amide bonds. The fourth-order valence-corrected chi connectivity index (χ4v) is 4.16. The minimum Gasteiger partial charge on any atom is -0.372 e. The molecule has 6 nitrogen and oxygen atoms in total. The molecule has 7 heteroatoms. The first kappa shape index (κ1) is 17.2. The first-order valence-electron chi connectivity index (χ1n) is 8.77. The SMILES string of the molecule is Cc1cc(-c2cnc(N3CC(C)OC(C)C3)nc2-c2ccc(C)s2)on1. The highest BCUT2D eigenvalue weighted by Gasteiger charge is 2.25. The van der Waals surface area contributed by atoms with Gasteiger partial charge in [0.1, 0.15) is 0 Å². The average Bonchev–Trinajstić information content (AvgIpc) is 3.22. The Morgan fingerprint density at radius 2 is 1.92 bits per heavy atom. The van der Waals surface area contributed by atoms with E-state index >= 15 is 0 Å². The van der Waals surface area contributed by atoms with Crippen LogP contribution in [0.15, 0.2) is 28.9 Å². The quantitative estimate of drug-likeness (QED) is 0.692. The Bertz CT molecular complexity index is 910. The van der Waals surface area contributed by atoms with Crippen LogP contribution in [0.4, 0.5) is 5.95 Å². The number of aryl methyl sites for hydroxylation is 2. The largest absolute Gasteiger partial charge is 0.372 e. The predicted molar refractivity (Wildman–Crippen MR) is 103 cm³/mol. The summed E-state index contributed by atoms with van der Waals surface area (Å²) in [6.45, 7) is 9.74. The van der Waals surface area contributed by atoms with Crippen molar-refractivity contribution in [2.24, 2.45) is 0 Å². The molecule has 1 saturated heterocycles. The monoisotopic (exact) mass is 370 g/mol. The average molecular weight is 370 g/mol. The highest BCUT2D eigenvalue weighted by atomic mass is 32.1. The fraction of sp³-hybridized carbons (Fsp3) is 0.421. The summed E-state index contributed by atoms with van der Waals surface area (Å²) in [5.41, 5.74) is 2.59. The molecule has 0 N–H and O–H groups in total. The van der Waals surface area contributed by atoms with E-state index in [0.717, 1.165) is 40.9 Å². The Hall–Kier alpha value is -2.25. The Morgan fingerprint density at radius 1 is 1.15 bits per heavy atom. The second-order valence-corrected chi connectivity index (χ2v) is 8.13. The predicted octanol–water partition coefficient (Wildman–Crippen LogP) is 4.09. The van der Waals surface area contributed by atoms with Gasteiger partial charge in [0, 0.05) is 30.2 Å². The van der Waals surface area contributed by atoms with Crippen LogP contribution in [0.3, 0.4) is 0 Å².